The third kappa shape index (κ3) is 4.21. The summed E-state index contributed by atoms with van der Waals surface area (Å²) in [5, 5.41) is 8.95. The normalized spacial score (nSPS) is 22.4. The molecule has 1 aromatic rings. The molecule has 1 aliphatic rings. The maximum atomic E-state index is 10.9. The van der Waals surface area contributed by atoms with Crippen LogP contribution in [-0.2, 0) is 0 Å². The van der Waals surface area contributed by atoms with Gasteiger partial charge in [-0.2, -0.15) is 0 Å². The van der Waals surface area contributed by atoms with Gasteiger partial charge in [-0.1, -0.05) is 13.0 Å². The van der Waals surface area contributed by atoms with E-state index in [0.29, 0.717) is 18.4 Å². The summed E-state index contributed by atoms with van der Waals surface area (Å²) in [6.07, 6.45) is 4.78. The van der Waals surface area contributed by atoms with E-state index in [2.05, 4.69) is 18.7 Å². The van der Waals surface area contributed by atoms with Gasteiger partial charge in [0.15, 0.2) is 0 Å². The fourth-order valence-electron chi connectivity index (χ4n) is 3.12. The number of hydrogen-bond acceptors (Lipinski definition) is 3. The molecule has 4 heteroatoms. The van der Waals surface area contributed by atoms with E-state index in [9.17, 15) is 4.79 Å². The Morgan fingerprint density at radius 2 is 2.24 bits per heavy atom. The highest BCUT2D eigenvalue weighted by Crippen LogP contribution is 2.25. The Labute approximate surface area is 126 Å². The van der Waals surface area contributed by atoms with Crippen molar-refractivity contribution in [2.24, 2.45) is 0 Å². The molecule has 2 atom stereocenters. The van der Waals surface area contributed by atoms with Crippen molar-refractivity contribution in [3.63, 3.8) is 0 Å². The van der Waals surface area contributed by atoms with E-state index in [0.717, 1.165) is 19.0 Å². The molecule has 0 aromatic heterocycles. The molecule has 2 rings (SSSR count). The Balaban J connectivity index is 1.77. The highest BCUT2D eigenvalue weighted by molar-refractivity contribution is 5.87. The van der Waals surface area contributed by atoms with Crippen LogP contribution in [0, 0.1) is 0 Å². The Kier molecular flexibility index (Phi) is 5.62. The number of hydrogen-bond donors (Lipinski definition) is 1. The molecule has 4 nitrogen and oxygen atoms in total. The van der Waals surface area contributed by atoms with Crippen LogP contribution in [-0.4, -0.2) is 41.2 Å². The zero-order valence-corrected chi connectivity index (χ0v) is 12.9. The van der Waals surface area contributed by atoms with Crippen LogP contribution in [0.25, 0.3) is 0 Å². The standard InChI is InChI=1S/C17H25NO3/c1-3-15-9-8-13(2)18(15)10-5-11-21-16-7-4-6-14(12-16)17(19)20/h4,6-7,12-13,15H,3,5,8-11H2,1-2H3,(H,19,20). The average molecular weight is 291 g/mol. The zero-order chi connectivity index (χ0) is 15.2. The first-order chi connectivity index (χ1) is 10.1. The second-order valence-electron chi connectivity index (χ2n) is 5.76. The van der Waals surface area contributed by atoms with Gasteiger partial charge < -0.3 is 9.84 Å². The van der Waals surface area contributed by atoms with Gasteiger partial charge in [-0.25, -0.2) is 4.79 Å². The van der Waals surface area contributed by atoms with E-state index < -0.39 is 5.97 Å². The van der Waals surface area contributed by atoms with Gasteiger partial charge in [0, 0.05) is 18.6 Å². The van der Waals surface area contributed by atoms with E-state index in [1.54, 1.807) is 24.3 Å². The van der Waals surface area contributed by atoms with Crippen molar-refractivity contribution >= 4 is 5.97 Å². The quantitative estimate of drug-likeness (QED) is 0.782. The van der Waals surface area contributed by atoms with Crippen molar-refractivity contribution in [2.45, 2.75) is 51.6 Å². The van der Waals surface area contributed by atoms with Crippen molar-refractivity contribution in [2.75, 3.05) is 13.2 Å². The summed E-state index contributed by atoms with van der Waals surface area (Å²) in [6.45, 7) is 6.23. The molecule has 1 aromatic carbocycles. The van der Waals surface area contributed by atoms with Crippen molar-refractivity contribution in [1.29, 1.82) is 0 Å². The number of carboxylic acids is 1. The zero-order valence-electron chi connectivity index (χ0n) is 12.9. The highest BCUT2D eigenvalue weighted by atomic mass is 16.5. The van der Waals surface area contributed by atoms with Crippen molar-refractivity contribution in [3.8, 4) is 5.75 Å². The van der Waals surface area contributed by atoms with Crippen LogP contribution in [0.4, 0.5) is 0 Å². The van der Waals surface area contributed by atoms with Gasteiger partial charge in [-0.15, -0.1) is 0 Å². The highest BCUT2D eigenvalue weighted by Gasteiger charge is 2.28. The third-order valence-electron chi connectivity index (χ3n) is 4.33. The smallest absolute Gasteiger partial charge is 0.335 e. The number of aromatic carboxylic acids is 1. The number of ether oxygens (including phenoxy) is 1. The molecule has 0 aliphatic carbocycles. The molecule has 0 radical (unpaired) electrons. The summed E-state index contributed by atoms with van der Waals surface area (Å²) < 4.78 is 5.67. The van der Waals surface area contributed by atoms with Crippen molar-refractivity contribution < 1.29 is 14.6 Å². The number of carbonyl (C=O) groups is 1. The molecule has 1 fully saturated rings. The molecule has 0 bridgehead atoms. The van der Waals surface area contributed by atoms with Crippen LogP contribution in [0.15, 0.2) is 24.3 Å². The number of carboxylic acid groups (broad SMARTS) is 1. The molecular formula is C17H25NO3. The number of benzene rings is 1. The topological polar surface area (TPSA) is 49.8 Å². The summed E-state index contributed by atoms with van der Waals surface area (Å²) in [5.74, 6) is -0.284. The predicted octanol–water partition coefficient (Wildman–Crippen LogP) is 3.42. The fourth-order valence-corrected chi connectivity index (χ4v) is 3.12. The number of likely N-dealkylation sites (tertiary alicyclic amines) is 1. The largest absolute Gasteiger partial charge is 0.494 e. The second kappa shape index (κ2) is 7.46. The van der Waals surface area contributed by atoms with E-state index in [1.165, 1.54) is 19.3 Å². The van der Waals surface area contributed by atoms with Crippen LogP contribution in [0.2, 0.25) is 0 Å². The van der Waals surface area contributed by atoms with Gasteiger partial charge in [-0.3, -0.25) is 4.90 Å². The molecule has 2 unspecified atom stereocenters. The summed E-state index contributed by atoms with van der Waals surface area (Å²) in [5.41, 5.74) is 0.270. The minimum atomic E-state index is -0.919. The molecular weight excluding hydrogens is 266 g/mol. The molecule has 1 heterocycles. The molecule has 0 amide bonds. The lowest BCUT2D eigenvalue weighted by molar-refractivity contribution is 0.0696. The summed E-state index contributed by atoms with van der Waals surface area (Å²) >= 11 is 0. The van der Waals surface area contributed by atoms with Crippen LogP contribution in [0.1, 0.15) is 49.9 Å². The number of rotatable bonds is 7. The minimum Gasteiger partial charge on any atom is -0.494 e. The van der Waals surface area contributed by atoms with E-state index in [1.807, 2.05) is 0 Å². The lowest BCUT2D eigenvalue weighted by Gasteiger charge is -2.27. The second-order valence-corrected chi connectivity index (χ2v) is 5.76. The van der Waals surface area contributed by atoms with Crippen LogP contribution < -0.4 is 4.74 Å². The van der Waals surface area contributed by atoms with Gasteiger partial charge in [0.1, 0.15) is 5.75 Å². The van der Waals surface area contributed by atoms with Gasteiger partial charge in [0.05, 0.1) is 12.2 Å². The Hall–Kier alpha value is -1.55. The SMILES string of the molecule is CCC1CCC(C)N1CCCOc1cccc(C(=O)O)c1. The first kappa shape index (κ1) is 15.8. The number of nitrogens with zero attached hydrogens (tertiary/aromatic N) is 1. The van der Waals surface area contributed by atoms with Gasteiger partial charge in [-0.05, 0) is 50.8 Å². The van der Waals surface area contributed by atoms with E-state index >= 15 is 0 Å². The van der Waals surface area contributed by atoms with Crippen molar-refractivity contribution in [1.82, 2.24) is 4.90 Å². The monoisotopic (exact) mass is 291 g/mol. The van der Waals surface area contributed by atoms with Crippen molar-refractivity contribution in [3.05, 3.63) is 29.8 Å². The summed E-state index contributed by atoms with van der Waals surface area (Å²) in [7, 11) is 0. The fraction of sp³-hybridized carbons (Fsp3) is 0.588. The molecule has 21 heavy (non-hydrogen) atoms. The molecule has 1 saturated heterocycles. The Morgan fingerprint density at radius 1 is 1.43 bits per heavy atom. The average Bonchev–Trinajstić information content (AvgIpc) is 2.84. The molecule has 116 valence electrons. The molecule has 0 spiro atoms. The third-order valence-corrected chi connectivity index (χ3v) is 4.33. The van der Waals surface area contributed by atoms with E-state index in [-0.39, 0.29) is 5.56 Å². The van der Waals surface area contributed by atoms with E-state index in [4.69, 9.17) is 9.84 Å². The minimum absolute atomic E-state index is 0.270. The maximum absolute atomic E-state index is 10.9. The lowest BCUT2D eigenvalue weighted by Crippen LogP contribution is -2.35. The first-order valence-electron chi connectivity index (χ1n) is 7.83. The lowest BCUT2D eigenvalue weighted by atomic mass is 10.1. The van der Waals surface area contributed by atoms with Crippen LogP contribution >= 0.6 is 0 Å². The van der Waals surface area contributed by atoms with Crippen LogP contribution in [0.3, 0.4) is 0 Å². The first-order valence-corrected chi connectivity index (χ1v) is 7.83. The Bertz CT molecular complexity index is 475. The summed E-state index contributed by atoms with van der Waals surface area (Å²) in [6, 6.07) is 8.07. The maximum Gasteiger partial charge on any atom is 0.335 e. The summed E-state index contributed by atoms with van der Waals surface area (Å²) in [4.78, 5) is 13.5. The van der Waals surface area contributed by atoms with Gasteiger partial charge in [0.25, 0.3) is 0 Å². The molecule has 0 saturated carbocycles. The Morgan fingerprint density at radius 3 is 2.95 bits per heavy atom. The van der Waals surface area contributed by atoms with Gasteiger partial charge in [0.2, 0.25) is 0 Å². The molecule has 1 N–H and O–H groups in total. The van der Waals surface area contributed by atoms with Crippen LogP contribution in [0.5, 0.6) is 5.75 Å². The van der Waals surface area contributed by atoms with Gasteiger partial charge >= 0.3 is 5.97 Å². The predicted molar refractivity (Wildman–Crippen MR) is 83.0 cm³/mol. The molecule has 1 aliphatic heterocycles.